The minimum absolute atomic E-state index is 0.0241. The SMILES string of the molecule is CCOCCOc1cc(C)c2c(c1)CCc1ccc(COc3ccc4c(c3)OC[C@H]4CC(=O)OC)cc1-2. The summed E-state index contributed by atoms with van der Waals surface area (Å²) in [5.74, 6) is 2.24. The molecule has 0 unspecified atom stereocenters. The number of carbonyl (C=O) groups excluding carboxylic acids is 1. The fraction of sp³-hybridized carbons (Fsp3) is 0.387. The molecule has 194 valence electrons. The van der Waals surface area contributed by atoms with Gasteiger partial charge >= 0.3 is 5.97 Å². The predicted octanol–water partition coefficient (Wildman–Crippen LogP) is 5.79. The fourth-order valence-corrected chi connectivity index (χ4v) is 5.25. The molecule has 0 fully saturated rings. The maximum Gasteiger partial charge on any atom is 0.306 e. The molecule has 6 nitrogen and oxygen atoms in total. The van der Waals surface area contributed by atoms with Crippen molar-refractivity contribution in [3.63, 3.8) is 0 Å². The van der Waals surface area contributed by atoms with E-state index in [9.17, 15) is 4.79 Å². The molecule has 0 amide bonds. The van der Waals surface area contributed by atoms with Crippen LogP contribution in [0.2, 0.25) is 0 Å². The number of carbonyl (C=O) groups is 1. The summed E-state index contributed by atoms with van der Waals surface area (Å²) in [5.41, 5.74) is 8.65. The van der Waals surface area contributed by atoms with Crippen LogP contribution >= 0.6 is 0 Å². The fourth-order valence-electron chi connectivity index (χ4n) is 5.25. The Kier molecular flexibility index (Phi) is 7.65. The van der Waals surface area contributed by atoms with E-state index in [1.807, 2.05) is 25.1 Å². The van der Waals surface area contributed by atoms with Crippen molar-refractivity contribution in [3.8, 4) is 28.4 Å². The molecular formula is C31H34O6. The standard InChI is InChI=1S/C31H34O6/c1-4-34-11-12-35-26-13-20(2)31-23(15-26)8-7-22-6-5-21(14-28(22)31)18-36-25-9-10-27-24(16-30(32)33-3)19-37-29(27)17-25/h5-6,9-10,13-15,17,24H,4,7-8,11-12,16,18-19H2,1-3H3/t24-/m1/s1. The summed E-state index contributed by atoms with van der Waals surface area (Å²) in [4.78, 5) is 11.7. The summed E-state index contributed by atoms with van der Waals surface area (Å²) in [5, 5.41) is 0. The molecule has 1 aliphatic heterocycles. The van der Waals surface area contributed by atoms with Gasteiger partial charge in [0.2, 0.25) is 0 Å². The van der Waals surface area contributed by atoms with Crippen molar-refractivity contribution in [2.45, 2.75) is 45.6 Å². The molecule has 1 aliphatic carbocycles. The number of aryl methyl sites for hydroxylation is 3. The molecule has 37 heavy (non-hydrogen) atoms. The van der Waals surface area contributed by atoms with Gasteiger partial charge in [-0.2, -0.15) is 0 Å². The lowest BCUT2D eigenvalue weighted by Crippen LogP contribution is -2.10. The van der Waals surface area contributed by atoms with Crippen LogP contribution < -0.4 is 14.2 Å². The van der Waals surface area contributed by atoms with Gasteiger partial charge in [0.25, 0.3) is 0 Å². The zero-order chi connectivity index (χ0) is 25.8. The minimum atomic E-state index is -0.226. The highest BCUT2D eigenvalue weighted by molar-refractivity contribution is 5.77. The number of hydrogen-bond donors (Lipinski definition) is 0. The first-order valence-electron chi connectivity index (χ1n) is 13.0. The minimum Gasteiger partial charge on any atom is -0.492 e. The molecule has 0 aromatic heterocycles. The van der Waals surface area contributed by atoms with E-state index in [2.05, 4.69) is 37.3 Å². The average Bonchev–Trinajstić information content (AvgIpc) is 3.31. The Balaban J connectivity index is 1.28. The third kappa shape index (κ3) is 5.59. The average molecular weight is 503 g/mol. The number of rotatable bonds is 10. The third-order valence-electron chi connectivity index (χ3n) is 7.11. The highest BCUT2D eigenvalue weighted by Gasteiger charge is 2.27. The molecule has 5 rings (SSSR count). The van der Waals surface area contributed by atoms with E-state index in [1.165, 1.54) is 34.9 Å². The number of hydrogen-bond acceptors (Lipinski definition) is 6. The van der Waals surface area contributed by atoms with Gasteiger partial charge in [0.1, 0.15) is 30.5 Å². The highest BCUT2D eigenvalue weighted by atomic mass is 16.5. The second-order valence-electron chi connectivity index (χ2n) is 9.59. The molecule has 0 N–H and O–H groups in total. The van der Waals surface area contributed by atoms with E-state index in [0.717, 1.165) is 41.2 Å². The second kappa shape index (κ2) is 11.3. The van der Waals surface area contributed by atoms with Crippen LogP contribution in [0.15, 0.2) is 48.5 Å². The number of ether oxygens (including phenoxy) is 5. The van der Waals surface area contributed by atoms with E-state index < -0.39 is 0 Å². The normalized spacial score (nSPS) is 15.3. The van der Waals surface area contributed by atoms with Crippen LogP contribution in [0.25, 0.3) is 11.1 Å². The highest BCUT2D eigenvalue weighted by Crippen LogP contribution is 2.40. The summed E-state index contributed by atoms with van der Waals surface area (Å²) in [6.07, 6.45) is 2.34. The first-order chi connectivity index (χ1) is 18.1. The molecule has 0 bridgehead atoms. The van der Waals surface area contributed by atoms with Gasteiger partial charge in [-0.1, -0.05) is 18.2 Å². The van der Waals surface area contributed by atoms with Crippen LogP contribution in [-0.2, 0) is 33.7 Å². The van der Waals surface area contributed by atoms with Crippen LogP contribution in [-0.4, -0.2) is 39.5 Å². The molecule has 1 atom stereocenters. The van der Waals surface area contributed by atoms with Gasteiger partial charge in [-0.25, -0.2) is 0 Å². The van der Waals surface area contributed by atoms with E-state index >= 15 is 0 Å². The molecule has 0 spiro atoms. The molecule has 0 saturated carbocycles. The van der Waals surface area contributed by atoms with Gasteiger partial charge in [0.15, 0.2) is 0 Å². The lowest BCUT2D eigenvalue weighted by atomic mass is 9.82. The maximum absolute atomic E-state index is 11.7. The van der Waals surface area contributed by atoms with Crippen molar-refractivity contribution < 1.29 is 28.5 Å². The Bertz CT molecular complexity index is 1280. The Hall–Kier alpha value is -3.51. The van der Waals surface area contributed by atoms with Gasteiger partial charge in [-0.05, 0) is 84.3 Å². The Morgan fingerprint density at radius 1 is 0.973 bits per heavy atom. The van der Waals surface area contributed by atoms with Crippen molar-refractivity contribution >= 4 is 5.97 Å². The number of fused-ring (bicyclic) bond motifs is 4. The summed E-state index contributed by atoms with van der Waals surface area (Å²) in [7, 11) is 1.41. The Morgan fingerprint density at radius 2 is 1.84 bits per heavy atom. The largest absolute Gasteiger partial charge is 0.492 e. The van der Waals surface area contributed by atoms with E-state index in [-0.39, 0.29) is 11.9 Å². The van der Waals surface area contributed by atoms with Gasteiger partial charge < -0.3 is 23.7 Å². The predicted molar refractivity (Wildman–Crippen MR) is 142 cm³/mol. The first kappa shape index (κ1) is 25.2. The van der Waals surface area contributed by atoms with Crippen LogP contribution in [0.4, 0.5) is 0 Å². The van der Waals surface area contributed by atoms with Crippen LogP contribution in [0, 0.1) is 6.92 Å². The summed E-state index contributed by atoms with van der Waals surface area (Å²) < 4.78 is 28.1. The van der Waals surface area contributed by atoms with Gasteiger partial charge in [0, 0.05) is 24.2 Å². The number of methoxy groups -OCH3 is 1. The molecule has 2 aliphatic rings. The van der Waals surface area contributed by atoms with Crippen molar-refractivity contribution in [2.75, 3.05) is 33.5 Å². The summed E-state index contributed by atoms with van der Waals surface area (Å²) in [6, 6.07) is 16.8. The second-order valence-corrected chi connectivity index (χ2v) is 9.59. The van der Waals surface area contributed by atoms with E-state index in [4.69, 9.17) is 23.7 Å². The number of benzene rings is 3. The molecule has 3 aromatic rings. The molecular weight excluding hydrogens is 468 g/mol. The number of esters is 1. The first-order valence-corrected chi connectivity index (χ1v) is 13.0. The third-order valence-corrected chi connectivity index (χ3v) is 7.11. The molecule has 3 aromatic carbocycles. The van der Waals surface area contributed by atoms with Gasteiger partial charge in [-0.3, -0.25) is 4.79 Å². The lowest BCUT2D eigenvalue weighted by molar-refractivity contribution is -0.141. The zero-order valence-electron chi connectivity index (χ0n) is 21.8. The topological polar surface area (TPSA) is 63.2 Å². The van der Waals surface area contributed by atoms with Crippen LogP contribution in [0.5, 0.6) is 17.2 Å². The monoisotopic (exact) mass is 502 g/mol. The summed E-state index contributed by atoms with van der Waals surface area (Å²) in [6.45, 7) is 6.95. The van der Waals surface area contributed by atoms with Gasteiger partial charge in [0.05, 0.1) is 26.7 Å². The Labute approximate surface area is 218 Å². The zero-order valence-corrected chi connectivity index (χ0v) is 21.8. The molecule has 1 heterocycles. The molecule has 6 heteroatoms. The summed E-state index contributed by atoms with van der Waals surface area (Å²) >= 11 is 0. The smallest absolute Gasteiger partial charge is 0.306 e. The molecule has 0 saturated heterocycles. The lowest BCUT2D eigenvalue weighted by Gasteiger charge is -2.24. The van der Waals surface area contributed by atoms with E-state index in [1.54, 1.807) is 0 Å². The van der Waals surface area contributed by atoms with Gasteiger partial charge in [-0.15, -0.1) is 0 Å². The molecule has 0 radical (unpaired) electrons. The Morgan fingerprint density at radius 3 is 2.68 bits per heavy atom. The van der Waals surface area contributed by atoms with Crippen molar-refractivity contribution in [1.82, 2.24) is 0 Å². The maximum atomic E-state index is 11.7. The van der Waals surface area contributed by atoms with Crippen molar-refractivity contribution in [3.05, 3.63) is 76.3 Å². The van der Waals surface area contributed by atoms with Crippen molar-refractivity contribution in [2.24, 2.45) is 0 Å². The van der Waals surface area contributed by atoms with E-state index in [0.29, 0.717) is 39.5 Å². The van der Waals surface area contributed by atoms with Crippen LogP contribution in [0.1, 0.15) is 47.1 Å². The quantitative estimate of drug-likeness (QED) is 0.258. The van der Waals surface area contributed by atoms with Crippen molar-refractivity contribution in [1.29, 1.82) is 0 Å². The van der Waals surface area contributed by atoms with Crippen LogP contribution in [0.3, 0.4) is 0 Å².